The summed E-state index contributed by atoms with van der Waals surface area (Å²) < 4.78 is 5.16. The van der Waals surface area contributed by atoms with Crippen LogP contribution in [0.2, 0.25) is 0 Å². The van der Waals surface area contributed by atoms with Gasteiger partial charge in [0, 0.05) is 5.56 Å². The zero-order valence-electron chi connectivity index (χ0n) is 11.0. The van der Waals surface area contributed by atoms with Crippen LogP contribution in [-0.4, -0.2) is 31.5 Å². The fraction of sp³-hybridized carbons (Fsp3) is 0.250. The number of nitrogens with zero attached hydrogens (tertiary/aromatic N) is 3. The molecule has 0 aliphatic heterocycles. The minimum Gasteiger partial charge on any atom is -0.284 e. The Labute approximate surface area is 115 Å². The SMILES string of the molecule is CSc1c(NC(=O)c2ccccc2)on[n+]1N(C)C. The topological polar surface area (TPSA) is 62.3 Å². The van der Waals surface area contributed by atoms with Gasteiger partial charge in [-0.15, -0.1) is 0 Å². The van der Waals surface area contributed by atoms with E-state index < -0.39 is 0 Å². The maximum atomic E-state index is 12.0. The van der Waals surface area contributed by atoms with E-state index in [0.717, 1.165) is 5.03 Å². The summed E-state index contributed by atoms with van der Waals surface area (Å²) >= 11 is 1.44. The molecule has 100 valence electrons. The van der Waals surface area contributed by atoms with Gasteiger partial charge in [0.15, 0.2) is 0 Å². The monoisotopic (exact) mass is 279 g/mol. The molecule has 1 amide bonds. The third-order valence-corrected chi connectivity index (χ3v) is 3.16. The Morgan fingerprint density at radius 1 is 1.37 bits per heavy atom. The molecule has 2 rings (SSSR count). The second-order valence-electron chi connectivity index (χ2n) is 3.97. The van der Waals surface area contributed by atoms with Crippen LogP contribution in [0.5, 0.6) is 0 Å². The average molecular weight is 279 g/mol. The zero-order valence-corrected chi connectivity index (χ0v) is 11.8. The van der Waals surface area contributed by atoms with E-state index in [4.69, 9.17) is 4.52 Å². The van der Waals surface area contributed by atoms with Crippen LogP contribution in [0.15, 0.2) is 39.9 Å². The lowest BCUT2D eigenvalue weighted by Gasteiger charge is -2.01. The quantitative estimate of drug-likeness (QED) is 0.671. The maximum absolute atomic E-state index is 12.0. The Balaban J connectivity index is 2.22. The van der Waals surface area contributed by atoms with E-state index in [2.05, 4.69) is 10.6 Å². The summed E-state index contributed by atoms with van der Waals surface area (Å²) in [5, 5.41) is 9.07. The number of hydrogen-bond donors (Lipinski definition) is 1. The Morgan fingerprint density at radius 3 is 2.63 bits per heavy atom. The second kappa shape index (κ2) is 5.75. The molecule has 0 radical (unpaired) electrons. The van der Waals surface area contributed by atoms with E-state index in [1.807, 2.05) is 38.6 Å². The fourth-order valence-electron chi connectivity index (χ4n) is 1.52. The lowest BCUT2D eigenvalue weighted by molar-refractivity contribution is -0.784. The van der Waals surface area contributed by atoms with Crippen LogP contribution in [0.3, 0.4) is 0 Å². The minimum atomic E-state index is -0.224. The van der Waals surface area contributed by atoms with Crippen LogP contribution in [0.4, 0.5) is 5.88 Å². The molecule has 0 atom stereocenters. The summed E-state index contributed by atoms with van der Waals surface area (Å²) in [5.74, 6) is 0.119. The standard InChI is InChI=1S/C12H14N4O2S/c1-15(2)16-12(19-3)11(18-14-16)13-10(17)9-7-5-4-6-8-9/h4-8H,1-3H3/p+1. The van der Waals surface area contributed by atoms with Crippen LogP contribution in [0.25, 0.3) is 0 Å². The molecule has 0 fully saturated rings. The van der Waals surface area contributed by atoms with Crippen molar-refractivity contribution >= 4 is 23.6 Å². The summed E-state index contributed by atoms with van der Waals surface area (Å²) in [5.41, 5.74) is 0.572. The predicted octanol–water partition coefficient (Wildman–Crippen LogP) is 1.13. The number of nitrogens with one attached hydrogen (secondary N) is 1. The van der Waals surface area contributed by atoms with Gasteiger partial charge in [-0.2, -0.15) is 5.01 Å². The Kier molecular flexibility index (Phi) is 4.06. The summed E-state index contributed by atoms with van der Waals surface area (Å²) in [6.45, 7) is 0. The molecular formula is C12H15N4O2S+. The van der Waals surface area contributed by atoms with Gasteiger partial charge in [0.1, 0.15) is 0 Å². The van der Waals surface area contributed by atoms with Crippen LogP contribution in [0.1, 0.15) is 10.4 Å². The molecule has 1 N–H and O–H groups in total. The van der Waals surface area contributed by atoms with E-state index in [0.29, 0.717) is 11.4 Å². The predicted molar refractivity (Wildman–Crippen MR) is 72.9 cm³/mol. The molecule has 6 nitrogen and oxygen atoms in total. The maximum Gasteiger partial charge on any atom is 0.365 e. The summed E-state index contributed by atoms with van der Waals surface area (Å²) in [4.78, 5) is 13.6. The van der Waals surface area contributed by atoms with Gasteiger partial charge >= 0.3 is 10.9 Å². The molecule has 7 heteroatoms. The Hall–Kier alpha value is -2.02. The number of carbonyl (C=O) groups excluding carboxylic acids is 1. The molecule has 1 heterocycles. The Morgan fingerprint density at radius 2 is 2.05 bits per heavy atom. The minimum absolute atomic E-state index is 0.224. The summed E-state index contributed by atoms with van der Waals surface area (Å²) in [6, 6.07) is 8.96. The van der Waals surface area contributed by atoms with Crippen molar-refractivity contribution < 1.29 is 14.1 Å². The first-order valence-corrected chi connectivity index (χ1v) is 6.86. The highest BCUT2D eigenvalue weighted by Gasteiger charge is 2.27. The molecule has 2 aromatic rings. The molecular weight excluding hydrogens is 264 g/mol. The van der Waals surface area contributed by atoms with Crippen LogP contribution < -0.4 is 15.1 Å². The van der Waals surface area contributed by atoms with Gasteiger partial charge in [-0.3, -0.25) is 14.6 Å². The largest absolute Gasteiger partial charge is 0.365 e. The van der Waals surface area contributed by atoms with Crippen molar-refractivity contribution in [2.45, 2.75) is 5.03 Å². The molecule has 19 heavy (non-hydrogen) atoms. The van der Waals surface area contributed by atoms with Gasteiger partial charge in [0.25, 0.3) is 5.91 Å². The molecule has 0 bridgehead atoms. The number of amides is 1. The molecule has 0 saturated heterocycles. The van der Waals surface area contributed by atoms with Crippen molar-refractivity contribution in [2.75, 3.05) is 30.7 Å². The lowest BCUT2D eigenvalue weighted by Crippen LogP contribution is -2.55. The number of aromatic nitrogens is 2. The molecule has 0 aliphatic rings. The number of hydrogen-bond acceptors (Lipinski definition) is 5. The van der Waals surface area contributed by atoms with Crippen LogP contribution >= 0.6 is 11.8 Å². The van der Waals surface area contributed by atoms with Gasteiger partial charge in [-0.05, 0) is 30.2 Å². The van der Waals surface area contributed by atoms with E-state index in [1.165, 1.54) is 11.8 Å². The molecule has 1 aromatic carbocycles. The van der Waals surface area contributed by atoms with Gasteiger partial charge in [0.05, 0.1) is 18.9 Å². The van der Waals surface area contributed by atoms with Crippen molar-refractivity contribution in [2.24, 2.45) is 0 Å². The number of thioether (sulfide) groups is 1. The number of benzene rings is 1. The third-order valence-electron chi connectivity index (χ3n) is 2.42. The highest BCUT2D eigenvalue weighted by Crippen LogP contribution is 2.21. The van der Waals surface area contributed by atoms with Crippen molar-refractivity contribution in [3.05, 3.63) is 35.9 Å². The highest BCUT2D eigenvalue weighted by molar-refractivity contribution is 7.98. The lowest BCUT2D eigenvalue weighted by atomic mass is 10.2. The van der Waals surface area contributed by atoms with Crippen molar-refractivity contribution in [3.63, 3.8) is 0 Å². The van der Waals surface area contributed by atoms with E-state index in [1.54, 1.807) is 21.9 Å². The number of rotatable bonds is 4. The third kappa shape index (κ3) is 2.87. The van der Waals surface area contributed by atoms with Crippen LogP contribution in [0, 0.1) is 0 Å². The van der Waals surface area contributed by atoms with Crippen molar-refractivity contribution in [1.29, 1.82) is 0 Å². The first-order chi connectivity index (χ1) is 9.13. The van der Waals surface area contributed by atoms with Crippen molar-refractivity contribution in [1.82, 2.24) is 5.27 Å². The molecule has 0 unspecified atom stereocenters. The van der Waals surface area contributed by atoms with Crippen LogP contribution in [-0.2, 0) is 0 Å². The second-order valence-corrected chi connectivity index (χ2v) is 4.76. The van der Waals surface area contributed by atoms with E-state index >= 15 is 0 Å². The highest BCUT2D eigenvalue weighted by atomic mass is 32.2. The number of anilines is 1. The van der Waals surface area contributed by atoms with Gasteiger partial charge in [-0.1, -0.05) is 18.2 Å². The summed E-state index contributed by atoms with van der Waals surface area (Å²) in [6.07, 6.45) is 1.89. The summed E-state index contributed by atoms with van der Waals surface area (Å²) in [7, 11) is 3.68. The van der Waals surface area contributed by atoms with Gasteiger partial charge in [-0.25, -0.2) is 0 Å². The van der Waals surface area contributed by atoms with E-state index in [-0.39, 0.29) is 5.91 Å². The normalized spacial score (nSPS) is 10.3. The fourth-order valence-corrected chi connectivity index (χ4v) is 2.15. The van der Waals surface area contributed by atoms with E-state index in [9.17, 15) is 4.79 Å². The molecule has 0 saturated carbocycles. The first kappa shape index (κ1) is 13.4. The first-order valence-electron chi connectivity index (χ1n) is 5.63. The average Bonchev–Trinajstić information content (AvgIpc) is 2.82. The van der Waals surface area contributed by atoms with Gasteiger partial charge in [0.2, 0.25) is 5.27 Å². The molecule has 0 spiro atoms. The molecule has 0 aliphatic carbocycles. The van der Waals surface area contributed by atoms with Crippen molar-refractivity contribution in [3.8, 4) is 0 Å². The number of carbonyl (C=O) groups is 1. The zero-order chi connectivity index (χ0) is 13.8. The molecule has 1 aromatic heterocycles. The Bertz CT molecular complexity index is 568. The smallest absolute Gasteiger partial charge is 0.284 e. The van der Waals surface area contributed by atoms with Gasteiger partial charge < -0.3 is 0 Å².